The molecule has 0 radical (unpaired) electrons. The van der Waals surface area contributed by atoms with E-state index in [2.05, 4.69) is 0 Å². The maximum Gasteiger partial charge on any atom is 0.258 e. The van der Waals surface area contributed by atoms with Crippen LogP contribution in [0.15, 0.2) is 29.8 Å². The molecule has 2 aliphatic carbocycles. The van der Waals surface area contributed by atoms with Gasteiger partial charge in [-0.3, -0.25) is 24.1 Å². The van der Waals surface area contributed by atoms with Crippen molar-refractivity contribution >= 4 is 64.1 Å². The van der Waals surface area contributed by atoms with Crippen LogP contribution < -0.4 is 4.90 Å². The van der Waals surface area contributed by atoms with Gasteiger partial charge in [0.05, 0.1) is 11.8 Å². The number of allylic oxidation sites excluding steroid dienone is 2. The summed E-state index contributed by atoms with van der Waals surface area (Å²) in [6.07, 6.45) is 0.975. The Morgan fingerprint density at radius 3 is 2.09 bits per heavy atom. The second-order valence-corrected chi connectivity index (χ2v) is 12.5. The summed E-state index contributed by atoms with van der Waals surface area (Å²) in [5, 5.41) is 9.80. The summed E-state index contributed by atoms with van der Waals surface area (Å²) in [7, 11) is 0. The van der Waals surface area contributed by atoms with Crippen molar-refractivity contribution in [1.82, 2.24) is 4.90 Å². The molecule has 0 unspecified atom stereocenters. The van der Waals surface area contributed by atoms with Crippen LogP contribution >= 0.6 is 34.8 Å². The molecule has 2 saturated heterocycles. The number of hydrogen-bond donors (Lipinski definition) is 1. The topological polar surface area (TPSA) is 95.0 Å². The lowest BCUT2D eigenvalue weighted by molar-refractivity contribution is -0.140. The fraction of sp³-hybridized carbons (Fsp3) is 0.357. The van der Waals surface area contributed by atoms with Gasteiger partial charge >= 0.3 is 0 Å². The Labute approximate surface area is 254 Å². The van der Waals surface area contributed by atoms with Crippen molar-refractivity contribution in [2.24, 2.45) is 17.8 Å². The highest BCUT2D eigenvalue weighted by Crippen LogP contribution is 2.66. The SMILES string of the molecule is CCN1C(=O)[C@H]2[C@H](CC=C3[C@H]2C[C@@]2(Cl)C(=O)N(c4c(F)c(F)c(F)c(F)c4F)C(=O)[C@@]2(Cl)[C@H]3c2ccc(O)cc2Cl)C1=O. The predicted octanol–water partition coefficient (Wildman–Crippen LogP) is 5.32. The zero-order chi connectivity index (χ0) is 31.5. The van der Waals surface area contributed by atoms with Crippen molar-refractivity contribution in [3.05, 3.63) is 69.5 Å². The van der Waals surface area contributed by atoms with Crippen LogP contribution in [0.4, 0.5) is 27.6 Å². The monoisotopic (exact) mass is 662 g/mol. The van der Waals surface area contributed by atoms with Crippen LogP contribution in [-0.4, -0.2) is 49.9 Å². The van der Waals surface area contributed by atoms with Gasteiger partial charge in [-0.15, -0.1) is 23.2 Å². The molecule has 0 bridgehead atoms. The Hall–Kier alpha value is -3.22. The number of benzene rings is 2. The maximum atomic E-state index is 15.0. The number of aromatic hydroxyl groups is 1. The van der Waals surface area contributed by atoms with Gasteiger partial charge in [-0.1, -0.05) is 29.3 Å². The third-order valence-corrected chi connectivity index (χ3v) is 10.7. The molecule has 2 aliphatic heterocycles. The van der Waals surface area contributed by atoms with Crippen molar-refractivity contribution < 1.29 is 46.2 Å². The number of phenolic OH excluding ortho intramolecular Hbond substituents is 1. The standard InChI is InChI=1S/C28H18Cl3F5N2O5/c1-2-37-23(40)12-6-5-10-13(15(12)24(37)41)8-27(30)25(42)38(22-20(35)18(33)17(32)19(34)21(22)36)26(43)28(27,31)16(10)11-4-3-9(39)7-14(11)29/h3-5,7,12-13,15-16,39H,2,6,8H2,1H3/t12-,13+,15-,16+,27+,28-/m0/s1. The van der Waals surface area contributed by atoms with Crippen molar-refractivity contribution in [3.63, 3.8) is 0 Å². The van der Waals surface area contributed by atoms with E-state index < -0.39 is 98.2 Å². The van der Waals surface area contributed by atoms with Gasteiger partial charge in [-0.05, 0) is 43.4 Å². The van der Waals surface area contributed by atoms with Crippen LogP contribution in [-0.2, 0) is 19.2 Å². The van der Waals surface area contributed by atoms with Crippen LogP contribution in [0.3, 0.4) is 0 Å². The zero-order valence-corrected chi connectivity index (χ0v) is 24.0. The molecule has 0 aromatic heterocycles. The summed E-state index contributed by atoms with van der Waals surface area (Å²) >= 11 is 20.4. The number of hydrogen-bond acceptors (Lipinski definition) is 5. The number of nitrogens with zero attached hydrogens (tertiary/aromatic N) is 2. The highest BCUT2D eigenvalue weighted by Gasteiger charge is 2.77. The van der Waals surface area contributed by atoms with Crippen LogP contribution in [0.2, 0.25) is 5.02 Å². The number of carbonyl (C=O) groups excluding carboxylic acids is 4. The molecule has 6 atom stereocenters. The number of fused-ring (bicyclic) bond motifs is 4. The smallest absolute Gasteiger partial charge is 0.258 e. The zero-order valence-electron chi connectivity index (χ0n) is 21.7. The Morgan fingerprint density at radius 1 is 0.907 bits per heavy atom. The average molecular weight is 664 g/mol. The molecular weight excluding hydrogens is 646 g/mol. The average Bonchev–Trinajstić information content (AvgIpc) is 3.29. The molecule has 1 N–H and O–H groups in total. The molecule has 6 rings (SSSR count). The molecule has 226 valence electrons. The summed E-state index contributed by atoms with van der Waals surface area (Å²) in [6, 6.07) is 3.53. The normalized spacial score (nSPS) is 31.8. The molecule has 2 aromatic carbocycles. The summed E-state index contributed by atoms with van der Waals surface area (Å²) in [5.74, 6) is -21.3. The minimum atomic E-state index is -2.68. The highest BCUT2D eigenvalue weighted by molar-refractivity contribution is 6.58. The molecule has 4 aliphatic rings. The number of imide groups is 2. The van der Waals surface area contributed by atoms with Gasteiger partial charge in [-0.25, -0.2) is 26.9 Å². The van der Waals surface area contributed by atoms with Gasteiger partial charge in [0.2, 0.25) is 17.6 Å². The fourth-order valence-electron chi connectivity index (χ4n) is 7.04. The number of amides is 4. The Kier molecular flexibility index (Phi) is 6.69. The Morgan fingerprint density at radius 2 is 1.51 bits per heavy atom. The van der Waals surface area contributed by atoms with Crippen LogP contribution in [0.5, 0.6) is 5.75 Å². The van der Waals surface area contributed by atoms with E-state index in [1.165, 1.54) is 12.1 Å². The molecule has 2 heterocycles. The number of anilines is 1. The second-order valence-electron chi connectivity index (χ2n) is 10.8. The van der Waals surface area contributed by atoms with E-state index >= 15 is 8.78 Å². The van der Waals surface area contributed by atoms with Crippen LogP contribution in [0.25, 0.3) is 0 Å². The Bertz CT molecular complexity index is 1690. The third-order valence-electron chi connectivity index (χ3n) is 8.92. The third kappa shape index (κ3) is 3.60. The van der Waals surface area contributed by atoms with E-state index in [4.69, 9.17) is 34.8 Å². The lowest BCUT2D eigenvalue weighted by atomic mass is 9.56. The van der Waals surface area contributed by atoms with Gasteiger partial charge in [-0.2, -0.15) is 0 Å². The molecular formula is C28H18Cl3F5N2O5. The molecule has 15 heteroatoms. The summed E-state index contributed by atoms with van der Waals surface area (Å²) in [5.41, 5.74) is -1.59. The first-order valence-corrected chi connectivity index (χ1v) is 14.1. The van der Waals surface area contributed by atoms with Crippen molar-refractivity contribution in [1.29, 1.82) is 0 Å². The second kappa shape index (κ2) is 9.64. The molecule has 43 heavy (non-hydrogen) atoms. The summed E-state index contributed by atoms with van der Waals surface area (Å²) < 4.78 is 72.4. The first-order valence-electron chi connectivity index (χ1n) is 12.9. The molecule has 7 nitrogen and oxygen atoms in total. The van der Waals surface area contributed by atoms with E-state index in [0.717, 1.165) is 11.0 Å². The van der Waals surface area contributed by atoms with Crippen LogP contribution in [0, 0.1) is 46.8 Å². The van der Waals surface area contributed by atoms with E-state index in [1.807, 2.05) is 0 Å². The van der Waals surface area contributed by atoms with Crippen LogP contribution in [0.1, 0.15) is 31.2 Å². The quantitative estimate of drug-likeness (QED) is 0.120. The van der Waals surface area contributed by atoms with Gasteiger partial charge < -0.3 is 5.11 Å². The van der Waals surface area contributed by atoms with Gasteiger partial charge in [0.25, 0.3) is 11.8 Å². The number of phenols is 1. The van der Waals surface area contributed by atoms with E-state index in [-0.39, 0.29) is 39.8 Å². The van der Waals surface area contributed by atoms with Gasteiger partial charge in [0, 0.05) is 17.5 Å². The molecule has 3 fully saturated rings. The number of halogens is 8. The molecule has 1 saturated carbocycles. The first-order chi connectivity index (χ1) is 20.1. The molecule has 4 amide bonds. The largest absolute Gasteiger partial charge is 0.508 e. The first kappa shape index (κ1) is 29.8. The summed E-state index contributed by atoms with van der Waals surface area (Å²) in [4.78, 5) is 50.1. The highest BCUT2D eigenvalue weighted by atomic mass is 35.5. The summed E-state index contributed by atoms with van der Waals surface area (Å²) in [6.45, 7) is 1.64. The number of alkyl halides is 2. The predicted molar refractivity (Wildman–Crippen MR) is 142 cm³/mol. The Balaban J connectivity index is 1.62. The minimum Gasteiger partial charge on any atom is -0.508 e. The fourth-order valence-corrected chi connectivity index (χ4v) is 8.25. The van der Waals surface area contributed by atoms with E-state index in [9.17, 15) is 37.5 Å². The lowest BCUT2D eigenvalue weighted by Crippen LogP contribution is -2.60. The van der Waals surface area contributed by atoms with Crippen molar-refractivity contribution in [2.45, 2.75) is 35.4 Å². The molecule has 2 aromatic rings. The van der Waals surface area contributed by atoms with Gasteiger partial charge in [0.1, 0.15) is 11.4 Å². The van der Waals surface area contributed by atoms with Crippen molar-refractivity contribution in [2.75, 3.05) is 11.4 Å². The molecule has 0 spiro atoms. The lowest BCUT2D eigenvalue weighted by Gasteiger charge is -2.50. The van der Waals surface area contributed by atoms with E-state index in [0.29, 0.717) is 0 Å². The number of carbonyl (C=O) groups is 4. The minimum absolute atomic E-state index is 0.0124. The van der Waals surface area contributed by atoms with Gasteiger partial charge in [0.15, 0.2) is 33.0 Å². The number of likely N-dealkylation sites (tertiary alicyclic amines) is 1. The van der Waals surface area contributed by atoms with E-state index in [1.54, 1.807) is 13.0 Å². The number of rotatable bonds is 3. The maximum absolute atomic E-state index is 15.0. The van der Waals surface area contributed by atoms with Crippen molar-refractivity contribution in [3.8, 4) is 5.75 Å².